The number of aromatic amines is 1. The van der Waals surface area contributed by atoms with E-state index in [9.17, 15) is 9.59 Å². The number of amides is 1. The number of aliphatic hydroxyl groups is 1. The first kappa shape index (κ1) is 14.0. The van der Waals surface area contributed by atoms with Gasteiger partial charge >= 0.3 is 0 Å². The van der Waals surface area contributed by atoms with Crippen LogP contribution < -0.4 is 10.9 Å². The molecule has 0 spiro atoms. The average Bonchev–Trinajstić information content (AvgIpc) is 2.91. The van der Waals surface area contributed by atoms with E-state index in [1.807, 2.05) is 0 Å². The van der Waals surface area contributed by atoms with Crippen molar-refractivity contribution < 1.29 is 9.90 Å². The molecule has 6 nitrogen and oxygen atoms in total. The lowest BCUT2D eigenvalue weighted by Crippen LogP contribution is -2.14. The monoisotopic (exact) mass is 289 g/mol. The predicted molar refractivity (Wildman–Crippen MR) is 75.7 cm³/mol. The Kier molecular flexibility index (Phi) is 4.65. The Morgan fingerprint density at radius 3 is 2.95 bits per heavy atom. The maximum absolute atomic E-state index is 11.9. The van der Waals surface area contributed by atoms with Crippen LogP contribution in [0.1, 0.15) is 21.0 Å². The Hall–Kier alpha value is -2.43. The van der Waals surface area contributed by atoms with Crippen LogP contribution >= 0.6 is 11.3 Å². The number of rotatable bonds is 3. The number of hydrogen-bond acceptors (Lipinski definition) is 5. The molecule has 102 valence electrons. The van der Waals surface area contributed by atoms with Gasteiger partial charge < -0.3 is 10.4 Å². The number of aliphatic hydroxyl groups excluding tert-OH is 1. The molecule has 2 heterocycles. The molecule has 0 aromatic carbocycles. The molecular formula is C13H11N3O3S. The van der Waals surface area contributed by atoms with Crippen LogP contribution in [0.2, 0.25) is 0 Å². The molecule has 2 rings (SSSR count). The SMILES string of the molecule is O=C(Nc1ccc(=O)[nH]n1)c1ccc(C#CCCO)s1. The number of H-pyrrole nitrogens is 1. The fourth-order valence-corrected chi connectivity index (χ4v) is 2.10. The Morgan fingerprint density at radius 1 is 1.40 bits per heavy atom. The molecule has 20 heavy (non-hydrogen) atoms. The minimum Gasteiger partial charge on any atom is -0.395 e. The smallest absolute Gasteiger partial charge is 0.266 e. The molecule has 2 aromatic rings. The van der Waals surface area contributed by atoms with Crippen molar-refractivity contribution in [2.45, 2.75) is 6.42 Å². The lowest BCUT2D eigenvalue weighted by atomic mass is 10.4. The predicted octanol–water partition coefficient (Wildman–Crippen LogP) is 0.818. The molecule has 0 saturated heterocycles. The van der Waals surface area contributed by atoms with Gasteiger partial charge in [-0.2, -0.15) is 5.10 Å². The second-order valence-electron chi connectivity index (χ2n) is 3.70. The van der Waals surface area contributed by atoms with E-state index in [4.69, 9.17) is 5.11 Å². The third-order valence-electron chi connectivity index (χ3n) is 2.20. The number of aromatic nitrogens is 2. The molecule has 0 aliphatic carbocycles. The molecule has 0 aliphatic rings. The lowest BCUT2D eigenvalue weighted by molar-refractivity contribution is 0.103. The third kappa shape index (κ3) is 3.78. The van der Waals surface area contributed by atoms with E-state index in [0.717, 1.165) is 4.88 Å². The van der Waals surface area contributed by atoms with Crippen molar-refractivity contribution in [2.75, 3.05) is 11.9 Å². The van der Waals surface area contributed by atoms with E-state index in [0.29, 0.717) is 11.3 Å². The van der Waals surface area contributed by atoms with Gasteiger partial charge in [-0.15, -0.1) is 11.3 Å². The first-order chi connectivity index (χ1) is 9.69. The van der Waals surface area contributed by atoms with Crippen LogP contribution in [0.5, 0.6) is 0 Å². The summed E-state index contributed by atoms with van der Waals surface area (Å²) in [4.78, 5) is 24.0. The molecule has 0 saturated carbocycles. The highest BCUT2D eigenvalue weighted by molar-refractivity contribution is 7.14. The van der Waals surface area contributed by atoms with Crippen LogP contribution in [-0.4, -0.2) is 27.8 Å². The van der Waals surface area contributed by atoms with Gasteiger partial charge in [-0.1, -0.05) is 11.8 Å². The molecule has 0 bridgehead atoms. The highest BCUT2D eigenvalue weighted by atomic mass is 32.1. The number of nitrogens with one attached hydrogen (secondary N) is 2. The summed E-state index contributed by atoms with van der Waals surface area (Å²) in [6, 6.07) is 6.11. The van der Waals surface area contributed by atoms with E-state index in [2.05, 4.69) is 27.4 Å². The molecule has 0 fully saturated rings. The topological polar surface area (TPSA) is 95.1 Å². The number of nitrogens with zero attached hydrogens (tertiary/aromatic N) is 1. The third-order valence-corrected chi connectivity index (χ3v) is 3.20. The van der Waals surface area contributed by atoms with E-state index in [1.165, 1.54) is 23.5 Å². The van der Waals surface area contributed by atoms with Crippen molar-refractivity contribution in [1.29, 1.82) is 0 Å². The quantitative estimate of drug-likeness (QED) is 0.729. The minimum atomic E-state index is -0.333. The van der Waals surface area contributed by atoms with Crippen LogP contribution in [-0.2, 0) is 0 Å². The Balaban J connectivity index is 2.05. The van der Waals surface area contributed by atoms with Gasteiger partial charge in [0.05, 0.1) is 16.4 Å². The van der Waals surface area contributed by atoms with Gasteiger partial charge in [0.1, 0.15) is 0 Å². The molecule has 1 amide bonds. The van der Waals surface area contributed by atoms with E-state index < -0.39 is 0 Å². The van der Waals surface area contributed by atoms with Gasteiger partial charge in [0.15, 0.2) is 5.82 Å². The number of carbonyl (C=O) groups excluding carboxylic acids is 1. The van der Waals surface area contributed by atoms with Gasteiger partial charge in [0, 0.05) is 12.5 Å². The second-order valence-corrected chi connectivity index (χ2v) is 4.78. The Bertz CT molecular complexity index is 704. The first-order valence-electron chi connectivity index (χ1n) is 5.75. The van der Waals surface area contributed by atoms with Crippen molar-refractivity contribution in [3.8, 4) is 11.8 Å². The van der Waals surface area contributed by atoms with Crippen molar-refractivity contribution in [3.63, 3.8) is 0 Å². The fourth-order valence-electron chi connectivity index (χ4n) is 1.32. The number of thiophene rings is 1. The van der Waals surface area contributed by atoms with Gasteiger partial charge in [-0.25, -0.2) is 5.10 Å². The fraction of sp³-hybridized carbons (Fsp3) is 0.154. The number of carbonyl (C=O) groups is 1. The van der Waals surface area contributed by atoms with Crippen molar-refractivity contribution in [2.24, 2.45) is 0 Å². The number of hydrogen-bond donors (Lipinski definition) is 3. The summed E-state index contributed by atoms with van der Waals surface area (Å²) in [7, 11) is 0. The molecule has 0 atom stereocenters. The summed E-state index contributed by atoms with van der Waals surface area (Å²) in [5.74, 6) is 5.60. The highest BCUT2D eigenvalue weighted by Crippen LogP contribution is 2.16. The van der Waals surface area contributed by atoms with E-state index in [1.54, 1.807) is 12.1 Å². The zero-order chi connectivity index (χ0) is 14.4. The van der Waals surface area contributed by atoms with Crippen molar-refractivity contribution in [1.82, 2.24) is 10.2 Å². The Labute approximate surface area is 118 Å². The molecule has 7 heteroatoms. The minimum absolute atomic E-state index is 0.0175. The molecular weight excluding hydrogens is 278 g/mol. The number of anilines is 1. The summed E-state index contributed by atoms with van der Waals surface area (Å²) in [6.07, 6.45) is 0.404. The molecule has 0 radical (unpaired) electrons. The van der Waals surface area contributed by atoms with Gasteiger partial charge in [0.25, 0.3) is 11.5 Å². The van der Waals surface area contributed by atoms with Gasteiger partial charge in [-0.05, 0) is 18.2 Å². The van der Waals surface area contributed by atoms with Crippen LogP contribution in [0.4, 0.5) is 5.82 Å². The van der Waals surface area contributed by atoms with E-state index in [-0.39, 0.29) is 23.9 Å². The summed E-state index contributed by atoms with van der Waals surface area (Å²) in [5, 5.41) is 17.1. The average molecular weight is 289 g/mol. The molecule has 0 aliphatic heterocycles. The summed E-state index contributed by atoms with van der Waals surface area (Å²) >= 11 is 1.25. The van der Waals surface area contributed by atoms with Crippen LogP contribution in [0, 0.1) is 11.8 Å². The van der Waals surface area contributed by atoms with Crippen LogP contribution in [0.3, 0.4) is 0 Å². The molecule has 0 unspecified atom stereocenters. The normalized spacial score (nSPS) is 9.65. The largest absolute Gasteiger partial charge is 0.395 e. The Morgan fingerprint density at radius 2 is 2.25 bits per heavy atom. The van der Waals surface area contributed by atoms with Crippen molar-refractivity contribution >= 4 is 23.1 Å². The van der Waals surface area contributed by atoms with Gasteiger partial charge in [0.2, 0.25) is 0 Å². The van der Waals surface area contributed by atoms with Crippen molar-refractivity contribution in [3.05, 3.63) is 44.4 Å². The molecule has 2 aromatic heterocycles. The first-order valence-corrected chi connectivity index (χ1v) is 6.57. The lowest BCUT2D eigenvalue weighted by Gasteiger charge is -2.00. The maximum atomic E-state index is 11.9. The highest BCUT2D eigenvalue weighted by Gasteiger charge is 2.09. The van der Waals surface area contributed by atoms with Gasteiger partial charge in [-0.3, -0.25) is 9.59 Å². The summed E-state index contributed by atoms with van der Waals surface area (Å²) < 4.78 is 0. The zero-order valence-electron chi connectivity index (χ0n) is 10.3. The summed E-state index contributed by atoms with van der Waals surface area (Å²) in [6.45, 7) is 0.0175. The second kappa shape index (κ2) is 6.65. The summed E-state index contributed by atoms with van der Waals surface area (Å²) in [5.41, 5.74) is -0.333. The van der Waals surface area contributed by atoms with Crippen LogP contribution in [0.15, 0.2) is 29.1 Å². The van der Waals surface area contributed by atoms with E-state index >= 15 is 0 Å². The molecule has 3 N–H and O–H groups in total. The maximum Gasteiger partial charge on any atom is 0.266 e. The standard InChI is InChI=1S/C13H11N3O3S/c17-8-2-1-3-9-4-5-10(20-9)13(19)14-11-6-7-12(18)16-15-11/h4-7,17H,2,8H2,(H,16,18)(H,14,15,19). The zero-order valence-corrected chi connectivity index (χ0v) is 11.2. The van der Waals surface area contributed by atoms with Crippen LogP contribution in [0.25, 0.3) is 0 Å².